The normalized spacial score (nSPS) is 16.5. The number of rotatable bonds is 3. The summed E-state index contributed by atoms with van der Waals surface area (Å²) in [6.45, 7) is 6.24. The van der Waals surface area contributed by atoms with Crippen LogP contribution in [0.2, 0.25) is 0 Å². The van der Waals surface area contributed by atoms with Gasteiger partial charge in [0.2, 0.25) is 5.91 Å². The molecular weight excluding hydrogens is 126 g/mol. The van der Waals surface area contributed by atoms with E-state index in [-0.39, 0.29) is 5.91 Å². The van der Waals surface area contributed by atoms with Crippen LogP contribution in [0.25, 0.3) is 0 Å². The Hall–Kier alpha value is -0.790. The molecule has 1 fully saturated rings. The van der Waals surface area contributed by atoms with Gasteiger partial charge in [0, 0.05) is 12.5 Å². The first-order chi connectivity index (χ1) is 4.70. The molecule has 56 valence electrons. The zero-order valence-corrected chi connectivity index (χ0v) is 6.31. The Labute approximate surface area is 61.3 Å². The lowest BCUT2D eigenvalue weighted by atomic mass is 10.3. The van der Waals surface area contributed by atoms with E-state index in [2.05, 4.69) is 11.9 Å². The van der Waals surface area contributed by atoms with Crippen molar-refractivity contribution in [2.45, 2.75) is 19.8 Å². The van der Waals surface area contributed by atoms with E-state index in [0.717, 1.165) is 18.4 Å². The van der Waals surface area contributed by atoms with Gasteiger partial charge in [0.1, 0.15) is 0 Å². The van der Waals surface area contributed by atoms with E-state index >= 15 is 0 Å². The smallest absolute Gasteiger partial charge is 0.223 e. The van der Waals surface area contributed by atoms with Gasteiger partial charge in [-0.1, -0.05) is 12.2 Å². The van der Waals surface area contributed by atoms with Crippen molar-refractivity contribution in [3.8, 4) is 0 Å². The highest BCUT2D eigenvalue weighted by Gasteiger charge is 2.28. The molecule has 0 saturated heterocycles. The topological polar surface area (TPSA) is 29.1 Å². The molecule has 0 aromatic heterocycles. The summed E-state index contributed by atoms with van der Waals surface area (Å²) in [6.07, 6.45) is 2.14. The minimum Gasteiger partial charge on any atom is -0.352 e. The Kier molecular flexibility index (Phi) is 2.10. The van der Waals surface area contributed by atoms with Crippen LogP contribution < -0.4 is 5.32 Å². The highest BCUT2D eigenvalue weighted by Crippen LogP contribution is 2.28. The molecule has 10 heavy (non-hydrogen) atoms. The van der Waals surface area contributed by atoms with Gasteiger partial charge in [0.05, 0.1) is 0 Å². The highest BCUT2D eigenvalue weighted by molar-refractivity contribution is 5.80. The third-order valence-corrected chi connectivity index (χ3v) is 1.51. The average Bonchev–Trinajstić information content (AvgIpc) is 2.63. The Bertz CT molecular complexity index is 159. The largest absolute Gasteiger partial charge is 0.352 e. The monoisotopic (exact) mass is 139 g/mol. The van der Waals surface area contributed by atoms with Crippen LogP contribution in [-0.2, 0) is 4.79 Å². The number of hydrogen-bond donors (Lipinski definition) is 1. The van der Waals surface area contributed by atoms with E-state index in [1.807, 2.05) is 6.92 Å². The molecule has 0 spiro atoms. The third kappa shape index (κ3) is 2.21. The Morgan fingerprint density at radius 3 is 2.70 bits per heavy atom. The van der Waals surface area contributed by atoms with E-state index in [0.29, 0.717) is 12.5 Å². The molecule has 1 N–H and O–H groups in total. The Morgan fingerprint density at radius 2 is 2.30 bits per heavy atom. The molecule has 0 aromatic rings. The molecule has 0 aromatic carbocycles. The fourth-order valence-electron chi connectivity index (χ4n) is 0.728. The van der Waals surface area contributed by atoms with Gasteiger partial charge in [-0.05, 0) is 19.8 Å². The first-order valence-corrected chi connectivity index (χ1v) is 3.62. The molecule has 1 aliphatic carbocycles. The first-order valence-electron chi connectivity index (χ1n) is 3.62. The van der Waals surface area contributed by atoms with Gasteiger partial charge in [0.15, 0.2) is 0 Å². The van der Waals surface area contributed by atoms with Gasteiger partial charge >= 0.3 is 0 Å². The number of amides is 1. The van der Waals surface area contributed by atoms with E-state index in [4.69, 9.17) is 0 Å². The molecule has 0 aliphatic heterocycles. The van der Waals surface area contributed by atoms with E-state index in [1.54, 1.807) is 0 Å². The fourth-order valence-corrected chi connectivity index (χ4v) is 0.728. The lowest BCUT2D eigenvalue weighted by Crippen LogP contribution is -2.26. The Balaban J connectivity index is 2.12. The summed E-state index contributed by atoms with van der Waals surface area (Å²) in [5, 5.41) is 2.81. The summed E-state index contributed by atoms with van der Waals surface area (Å²) >= 11 is 0. The van der Waals surface area contributed by atoms with Crippen LogP contribution >= 0.6 is 0 Å². The van der Waals surface area contributed by atoms with Crippen molar-refractivity contribution >= 4 is 5.91 Å². The summed E-state index contributed by atoms with van der Waals surface area (Å²) in [4.78, 5) is 11.0. The molecule has 1 saturated carbocycles. The van der Waals surface area contributed by atoms with Crippen molar-refractivity contribution in [3.05, 3.63) is 12.2 Å². The summed E-state index contributed by atoms with van der Waals surface area (Å²) in [5.41, 5.74) is 1.01. The molecule has 2 nitrogen and oxygen atoms in total. The zero-order chi connectivity index (χ0) is 7.56. The van der Waals surface area contributed by atoms with Crippen molar-refractivity contribution in [1.29, 1.82) is 0 Å². The summed E-state index contributed by atoms with van der Waals surface area (Å²) < 4.78 is 0. The van der Waals surface area contributed by atoms with E-state index in [1.165, 1.54) is 0 Å². The third-order valence-electron chi connectivity index (χ3n) is 1.51. The summed E-state index contributed by atoms with van der Waals surface area (Å²) in [7, 11) is 0. The lowest BCUT2D eigenvalue weighted by Gasteiger charge is -2.01. The van der Waals surface area contributed by atoms with Crippen LogP contribution in [0.15, 0.2) is 12.2 Å². The molecule has 1 aliphatic rings. The van der Waals surface area contributed by atoms with Gasteiger partial charge in [0.25, 0.3) is 0 Å². The first kappa shape index (κ1) is 7.32. The van der Waals surface area contributed by atoms with Crippen LogP contribution in [0.1, 0.15) is 19.8 Å². The molecule has 1 rings (SSSR count). The summed E-state index contributed by atoms with van der Waals surface area (Å²) in [5.74, 6) is 0.516. The van der Waals surface area contributed by atoms with Crippen LogP contribution in [0.4, 0.5) is 0 Å². The van der Waals surface area contributed by atoms with Crippen molar-refractivity contribution in [1.82, 2.24) is 5.32 Å². The van der Waals surface area contributed by atoms with Crippen LogP contribution in [0, 0.1) is 5.92 Å². The Morgan fingerprint density at radius 1 is 1.70 bits per heavy atom. The van der Waals surface area contributed by atoms with Crippen LogP contribution in [-0.4, -0.2) is 12.5 Å². The van der Waals surface area contributed by atoms with Crippen LogP contribution in [0.5, 0.6) is 0 Å². The molecule has 0 bridgehead atoms. The maximum atomic E-state index is 11.0. The standard InChI is InChI=1S/C8H13NO/c1-6(2)5-9-8(10)7-3-4-7/h7H,1,3-5H2,2H3,(H,9,10). The number of hydrogen-bond acceptors (Lipinski definition) is 1. The highest BCUT2D eigenvalue weighted by atomic mass is 16.2. The molecule has 0 atom stereocenters. The van der Waals surface area contributed by atoms with Gasteiger partial charge in [-0.2, -0.15) is 0 Å². The van der Waals surface area contributed by atoms with Crippen molar-refractivity contribution in [2.24, 2.45) is 5.92 Å². The van der Waals surface area contributed by atoms with Gasteiger partial charge < -0.3 is 5.32 Å². The predicted molar refractivity (Wildman–Crippen MR) is 40.5 cm³/mol. The van der Waals surface area contributed by atoms with Gasteiger partial charge in [-0.3, -0.25) is 4.79 Å². The van der Waals surface area contributed by atoms with E-state index < -0.39 is 0 Å². The predicted octanol–water partition coefficient (Wildman–Crippen LogP) is 1.09. The maximum Gasteiger partial charge on any atom is 0.223 e. The molecule has 0 radical (unpaired) electrons. The second-order valence-corrected chi connectivity index (χ2v) is 2.95. The zero-order valence-electron chi connectivity index (χ0n) is 6.31. The number of carbonyl (C=O) groups is 1. The quantitative estimate of drug-likeness (QED) is 0.582. The molecule has 2 heteroatoms. The minimum atomic E-state index is 0.197. The second kappa shape index (κ2) is 2.86. The lowest BCUT2D eigenvalue weighted by molar-refractivity contribution is -0.122. The summed E-state index contributed by atoms with van der Waals surface area (Å²) in [6, 6.07) is 0. The maximum absolute atomic E-state index is 11.0. The molecular formula is C8H13NO. The van der Waals surface area contributed by atoms with Crippen molar-refractivity contribution < 1.29 is 4.79 Å². The minimum absolute atomic E-state index is 0.197. The number of nitrogens with one attached hydrogen (secondary N) is 1. The van der Waals surface area contributed by atoms with Crippen LogP contribution in [0.3, 0.4) is 0 Å². The average molecular weight is 139 g/mol. The van der Waals surface area contributed by atoms with Crippen molar-refractivity contribution in [2.75, 3.05) is 6.54 Å². The molecule has 0 heterocycles. The van der Waals surface area contributed by atoms with Gasteiger partial charge in [-0.25, -0.2) is 0 Å². The number of carbonyl (C=O) groups excluding carboxylic acids is 1. The fraction of sp³-hybridized carbons (Fsp3) is 0.625. The molecule has 1 amide bonds. The van der Waals surface area contributed by atoms with Crippen molar-refractivity contribution in [3.63, 3.8) is 0 Å². The second-order valence-electron chi connectivity index (χ2n) is 2.95. The SMILES string of the molecule is C=C(C)CNC(=O)C1CC1. The molecule has 0 unspecified atom stereocenters. The van der Waals surface area contributed by atoms with E-state index in [9.17, 15) is 4.79 Å². The van der Waals surface area contributed by atoms with Gasteiger partial charge in [-0.15, -0.1) is 0 Å².